The fourth-order valence-corrected chi connectivity index (χ4v) is 3.82. The Kier molecular flexibility index (Phi) is 5.28. The number of pyridine rings is 1. The molecule has 1 aliphatic heterocycles. The fourth-order valence-electron chi connectivity index (χ4n) is 3.60. The van der Waals surface area contributed by atoms with E-state index in [0.29, 0.717) is 21.9 Å². The number of fused-ring (bicyclic) bond motifs is 1. The molecule has 31 heavy (non-hydrogen) atoms. The van der Waals surface area contributed by atoms with Crippen LogP contribution in [-0.2, 0) is 4.74 Å². The van der Waals surface area contributed by atoms with Gasteiger partial charge in [0.2, 0.25) is 0 Å². The maximum atomic E-state index is 12.5. The van der Waals surface area contributed by atoms with Crippen molar-refractivity contribution in [3.8, 4) is 11.4 Å². The van der Waals surface area contributed by atoms with E-state index in [1.807, 2.05) is 18.2 Å². The molecule has 1 fully saturated rings. The number of aromatic nitrogens is 3. The molecule has 2 aromatic heterocycles. The molecule has 3 heterocycles. The van der Waals surface area contributed by atoms with E-state index < -0.39 is 0 Å². The van der Waals surface area contributed by atoms with Gasteiger partial charge in [0.15, 0.2) is 5.65 Å². The maximum absolute atomic E-state index is 12.5. The van der Waals surface area contributed by atoms with E-state index in [1.165, 1.54) is 5.69 Å². The second kappa shape index (κ2) is 8.37. The first kappa shape index (κ1) is 19.5. The van der Waals surface area contributed by atoms with Crippen LogP contribution in [0.25, 0.3) is 22.6 Å². The van der Waals surface area contributed by atoms with Gasteiger partial charge in [0.1, 0.15) is 5.82 Å². The Hall–Kier alpha value is -3.42. The molecule has 0 radical (unpaired) electrons. The first-order chi connectivity index (χ1) is 15.2. The monoisotopic (exact) mass is 433 g/mol. The Balaban J connectivity index is 1.36. The van der Waals surface area contributed by atoms with Crippen molar-refractivity contribution in [2.24, 2.45) is 0 Å². The predicted octanol–water partition coefficient (Wildman–Crippen LogP) is 4.37. The third-order valence-electron chi connectivity index (χ3n) is 5.23. The molecule has 2 aromatic carbocycles. The van der Waals surface area contributed by atoms with Crippen molar-refractivity contribution < 1.29 is 9.53 Å². The number of ether oxygens (including phenoxy) is 1. The van der Waals surface area contributed by atoms with Crippen LogP contribution in [0.2, 0.25) is 5.02 Å². The molecule has 8 heteroatoms. The van der Waals surface area contributed by atoms with Crippen LogP contribution < -0.4 is 10.2 Å². The summed E-state index contributed by atoms with van der Waals surface area (Å²) in [6.07, 6.45) is 1.59. The second-order valence-electron chi connectivity index (χ2n) is 7.26. The van der Waals surface area contributed by atoms with E-state index in [2.05, 4.69) is 37.3 Å². The average molecular weight is 434 g/mol. The van der Waals surface area contributed by atoms with Crippen molar-refractivity contribution in [2.45, 2.75) is 0 Å². The summed E-state index contributed by atoms with van der Waals surface area (Å²) in [7, 11) is 0. The van der Waals surface area contributed by atoms with Crippen LogP contribution in [0.15, 0.2) is 60.8 Å². The number of imidazole rings is 1. The normalized spacial score (nSPS) is 14.0. The molecule has 2 N–H and O–H groups in total. The lowest BCUT2D eigenvalue weighted by Gasteiger charge is -2.28. The van der Waals surface area contributed by atoms with Gasteiger partial charge < -0.3 is 19.9 Å². The van der Waals surface area contributed by atoms with Gasteiger partial charge in [-0.1, -0.05) is 23.7 Å². The topological polar surface area (TPSA) is 83.1 Å². The summed E-state index contributed by atoms with van der Waals surface area (Å²) in [4.78, 5) is 27.1. The molecule has 0 aliphatic carbocycles. The van der Waals surface area contributed by atoms with Crippen molar-refractivity contribution in [1.29, 1.82) is 0 Å². The molecule has 4 aromatic rings. The SMILES string of the molecule is O=C(Nc1cnc2nc(-c3ccc(N4CCOCC4)cc3)[nH]c2c1)c1ccccc1Cl. The lowest BCUT2D eigenvalue weighted by molar-refractivity contribution is 0.102. The zero-order valence-corrected chi connectivity index (χ0v) is 17.4. The number of halogens is 1. The van der Waals surface area contributed by atoms with Gasteiger partial charge in [0.05, 0.1) is 41.2 Å². The number of carbonyl (C=O) groups excluding carboxylic acids is 1. The number of carbonyl (C=O) groups is 1. The third kappa shape index (κ3) is 4.10. The van der Waals surface area contributed by atoms with Crippen molar-refractivity contribution >= 4 is 40.0 Å². The standard InChI is InChI=1S/C23H20ClN5O2/c24-19-4-2-1-3-18(19)23(30)26-16-13-20-22(25-14-16)28-21(27-20)15-5-7-17(8-6-15)29-9-11-31-12-10-29/h1-8,13-14H,9-12H2,(H,26,30)(H,25,27,28). The summed E-state index contributed by atoms with van der Waals surface area (Å²) >= 11 is 6.11. The highest BCUT2D eigenvalue weighted by Crippen LogP contribution is 2.25. The number of aromatic amines is 1. The highest BCUT2D eigenvalue weighted by molar-refractivity contribution is 6.34. The number of benzene rings is 2. The largest absolute Gasteiger partial charge is 0.378 e. The molecular formula is C23H20ClN5O2. The molecule has 0 bridgehead atoms. The van der Waals surface area contributed by atoms with Crippen LogP contribution in [0.3, 0.4) is 0 Å². The Morgan fingerprint density at radius 3 is 2.65 bits per heavy atom. The van der Waals surface area contributed by atoms with Crippen LogP contribution in [-0.4, -0.2) is 47.2 Å². The van der Waals surface area contributed by atoms with Gasteiger partial charge in [0, 0.05) is 24.3 Å². The van der Waals surface area contributed by atoms with Gasteiger partial charge in [-0.3, -0.25) is 4.79 Å². The van der Waals surface area contributed by atoms with Crippen LogP contribution >= 0.6 is 11.6 Å². The van der Waals surface area contributed by atoms with Crippen LogP contribution in [0, 0.1) is 0 Å². The summed E-state index contributed by atoms with van der Waals surface area (Å²) in [5, 5.41) is 3.24. The van der Waals surface area contributed by atoms with E-state index in [4.69, 9.17) is 16.3 Å². The Morgan fingerprint density at radius 2 is 1.87 bits per heavy atom. The first-order valence-electron chi connectivity index (χ1n) is 10.0. The molecular weight excluding hydrogens is 414 g/mol. The first-order valence-corrected chi connectivity index (χ1v) is 10.4. The van der Waals surface area contributed by atoms with E-state index in [-0.39, 0.29) is 5.91 Å². The van der Waals surface area contributed by atoms with Gasteiger partial charge in [-0.25, -0.2) is 9.97 Å². The fraction of sp³-hybridized carbons (Fsp3) is 0.174. The van der Waals surface area contributed by atoms with E-state index in [1.54, 1.807) is 30.5 Å². The summed E-state index contributed by atoms with van der Waals surface area (Å²) in [6, 6.07) is 17.0. The highest BCUT2D eigenvalue weighted by Gasteiger charge is 2.14. The van der Waals surface area contributed by atoms with Crippen molar-refractivity contribution in [2.75, 3.05) is 36.5 Å². The Labute approximate surface area is 184 Å². The second-order valence-corrected chi connectivity index (χ2v) is 7.67. The van der Waals surface area contributed by atoms with E-state index >= 15 is 0 Å². The minimum atomic E-state index is -0.287. The molecule has 1 aliphatic rings. The van der Waals surface area contributed by atoms with Gasteiger partial charge in [-0.2, -0.15) is 0 Å². The van der Waals surface area contributed by atoms with Crippen LogP contribution in [0.1, 0.15) is 10.4 Å². The van der Waals surface area contributed by atoms with E-state index in [9.17, 15) is 4.79 Å². The number of nitrogens with one attached hydrogen (secondary N) is 2. The van der Waals surface area contributed by atoms with Gasteiger partial charge in [0.25, 0.3) is 5.91 Å². The predicted molar refractivity (Wildman–Crippen MR) is 122 cm³/mol. The molecule has 7 nitrogen and oxygen atoms in total. The molecule has 1 saturated heterocycles. The number of hydrogen-bond acceptors (Lipinski definition) is 5. The zero-order chi connectivity index (χ0) is 21.2. The third-order valence-corrected chi connectivity index (χ3v) is 5.56. The number of nitrogens with zero attached hydrogens (tertiary/aromatic N) is 3. The van der Waals surface area contributed by atoms with Crippen molar-refractivity contribution in [3.05, 3.63) is 71.4 Å². The molecule has 0 atom stereocenters. The Morgan fingerprint density at radius 1 is 1.10 bits per heavy atom. The number of morpholine rings is 1. The summed E-state index contributed by atoms with van der Waals surface area (Å²) in [5.74, 6) is 0.441. The van der Waals surface area contributed by atoms with Crippen molar-refractivity contribution in [3.63, 3.8) is 0 Å². The number of amides is 1. The summed E-state index contributed by atoms with van der Waals surface area (Å²) < 4.78 is 5.42. The molecule has 156 valence electrons. The summed E-state index contributed by atoms with van der Waals surface area (Å²) in [5.41, 5.74) is 4.44. The molecule has 5 rings (SSSR count). The lowest BCUT2D eigenvalue weighted by Crippen LogP contribution is -2.36. The minimum absolute atomic E-state index is 0.287. The quantitative estimate of drug-likeness (QED) is 0.499. The summed E-state index contributed by atoms with van der Waals surface area (Å²) in [6.45, 7) is 3.31. The molecule has 0 spiro atoms. The smallest absolute Gasteiger partial charge is 0.257 e. The van der Waals surface area contributed by atoms with Gasteiger partial charge in [-0.05, 0) is 42.5 Å². The van der Waals surface area contributed by atoms with Gasteiger partial charge >= 0.3 is 0 Å². The zero-order valence-electron chi connectivity index (χ0n) is 16.6. The lowest BCUT2D eigenvalue weighted by atomic mass is 10.2. The maximum Gasteiger partial charge on any atom is 0.257 e. The molecule has 0 saturated carbocycles. The molecule has 1 amide bonds. The molecule has 0 unspecified atom stereocenters. The van der Waals surface area contributed by atoms with Crippen molar-refractivity contribution in [1.82, 2.24) is 15.0 Å². The minimum Gasteiger partial charge on any atom is -0.378 e. The number of hydrogen-bond donors (Lipinski definition) is 2. The highest BCUT2D eigenvalue weighted by atomic mass is 35.5. The average Bonchev–Trinajstić information content (AvgIpc) is 3.23. The number of anilines is 2. The number of H-pyrrole nitrogens is 1. The van der Waals surface area contributed by atoms with Crippen LogP contribution in [0.4, 0.5) is 11.4 Å². The Bertz CT molecular complexity index is 1230. The van der Waals surface area contributed by atoms with Crippen LogP contribution in [0.5, 0.6) is 0 Å². The van der Waals surface area contributed by atoms with Gasteiger partial charge in [-0.15, -0.1) is 0 Å². The number of rotatable bonds is 4. The van der Waals surface area contributed by atoms with E-state index in [0.717, 1.165) is 43.2 Å².